The van der Waals surface area contributed by atoms with Crippen LogP contribution in [0.1, 0.15) is 22.8 Å². The Hall–Kier alpha value is -3.12. The first-order valence-electron chi connectivity index (χ1n) is 8.46. The van der Waals surface area contributed by atoms with Gasteiger partial charge < -0.3 is 10.6 Å². The van der Waals surface area contributed by atoms with E-state index in [2.05, 4.69) is 15.7 Å². The number of amides is 2. The van der Waals surface area contributed by atoms with Gasteiger partial charge in [0.1, 0.15) is 6.04 Å². The van der Waals surface area contributed by atoms with Crippen LogP contribution in [0.4, 0.5) is 0 Å². The molecule has 0 fully saturated rings. The van der Waals surface area contributed by atoms with Crippen LogP contribution in [0.2, 0.25) is 5.02 Å². The molecular weight excluding hydrogens is 364 g/mol. The second-order valence-electron chi connectivity index (χ2n) is 6.05. The minimum absolute atomic E-state index is 0.273. The fourth-order valence-electron chi connectivity index (χ4n) is 2.46. The van der Waals surface area contributed by atoms with E-state index in [1.54, 1.807) is 42.1 Å². The highest BCUT2D eigenvalue weighted by Gasteiger charge is 2.16. The molecule has 3 rings (SSSR count). The maximum atomic E-state index is 12.2. The molecule has 0 spiro atoms. The van der Waals surface area contributed by atoms with E-state index in [1.807, 2.05) is 36.5 Å². The van der Waals surface area contributed by atoms with Gasteiger partial charge in [-0.05, 0) is 43.3 Å². The molecule has 1 atom stereocenters. The van der Waals surface area contributed by atoms with Crippen molar-refractivity contribution < 1.29 is 9.59 Å². The van der Waals surface area contributed by atoms with Crippen LogP contribution in [-0.4, -0.2) is 27.6 Å². The lowest BCUT2D eigenvalue weighted by atomic mass is 10.2. The molecule has 0 saturated heterocycles. The summed E-state index contributed by atoms with van der Waals surface area (Å²) in [4.78, 5) is 24.4. The summed E-state index contributed by atoms with van der Waals surface area (Å²) < 4.78 is 1.74. The number of hydrogen-bond acceptors (Lipinski definition) is 3. The van der Waals surface area contributed by atoms with Crippen molar-refractivity contribution in [1.82, 2.24) is 20.4 Å². The average Bonchev–Trinajstić information content (AvgIpc) is 3.16. The molecule has 0 aliphatic rings. The quantitative estimate of drug-likeness (QED) is 0.688. The smallest absolute Gasteiger partial charge is 0.251 e. The summed E-state index contributed by atoms with van der Waals surface area (Å²) in [6, 6.07) is 15.5. The lowest BCUT2D eigenvalue weighted by Crippen LogP contribution is -2.44. The molecule has 2 N–H and O–H groups in total. The van der Waals surface area contributed by atoms with Crippen LogP contribution < -0.4 is 10.6 Å². The summed E-state index contributed by atoms with van der Waals surface area (Å²) in [5.41, 5.74) is 2.25. The number of benzene rings is 2. The normalized spacial score (nSPS) is 11.6. The van der Waals surface area contributed by atoms with Crippen molar-refractivity contribution in [2.24, 2.45) is 0 Å². The standard InChI is InChI=1S/C20H19ClN4O2/c1-14(24-20(27)16-7-9-17(21)10-8-16)19(26)22-11-15-12-23-25(13-15)18-5-3-2-4-6-18/h2-10,12-14H,11H2,1H3,(H,22,26)(H,24,27). The Kier molecular flexibility index (Phi) is 5.88. The largest absolute Gasteiger partial charge is 0.350 e. The van der Waals surface area contributed by atoms with Gasteiger partial charge >= 0.3 is 0 Å². The van der Waals surface area contributed by atoms with Gasteiger partial charge in [0.05, 0.1) is 11.9 Å². The van der Waals surface area contributed by atoms with Gasteiger partial charge in [-0.3, -0.25) is 9.59 Å². The number of carbonyl (C=O) groups is 2. The highest BCUT2D eigenvalue weighted by atomic mass is 35.5. The summed E-state index contributed by atoms with van der Waals surface area (Å²) in [5.74, 6) is -0.601. The van der Waals surface area contributed by atoms with Gasteiger partial charge in [-0.15, -0.1) is 0 Å². The van der Waals surface area contributed by atoms with Gasteiger partial charge in [0.2, 0.25) is 5.91 Å². The van der Waals surface area contributed by atoms with Crippen molar-refractivity contribution in [3.63, 3.8) is 0 Å². The summed E-state index contributed by atoms with van der Waals surface area (Å²) in [5, 5.41) is 10.3. The predicted molar refractivity (Wildman–Crippen MR) is 104 cm³/mol. The van der Waals surface area contributed by atoms with E-state index in [9.17, 15) is 9.59 Å². The maximum absolute atomic E-state index is 12.2. The first kappa shape index (κ1) is 18.7. The minimum Gasteiger partial charge on any atom is -0.350 e. The van der Waals surface area contributed by atoms with Crippen LogP contribution in [0.3, 0.4) is 0 Å². The third-order valence-corrected chi connectivity index (χ3v) is 4.22. The SMILES string of the molecule is CC(NC(=O)c1ccc(Cl)cc1)C(=O)NCc1cnn(-c2ccccc2)c1. The van der Waals surface area contributed by atoms with Crippen LogP contribution in [0.15, 0.2) is 67.0 Å². The molecule has 0 aliphatic heterocycles. The highest BCUT2D eigenvalue weighted by molar-refractivity contribution is 6.30. The number of carbonyl (C=O) groups excluding carboxylic acids is 2. The van der Waals surface area contributed by atoms with E-state index in [-0.39, 0.29) is 11.8 Å². The van der Waals surface area contributed by atoms with Gasteiger partial charge in [-0.2, -0.15) is 5.10 Å². The first-order chi connectivity index (χ1) is 13.0. The third kappa shape index (κ3) is 4.95. The molecule has 138 valence electrons. The zero-order valence-electron chi connectivity index (χ0n) is 14.7. The second kappa shape index (κ2) is 8.51. The Bertz CT molecular complexity index is 923. The summed E-state index contributed by atoms with van der Waals surface area (Å²) >= 11 is 5.81. The summed E-state index contributed by atoms with van der Waals surface area (Å²) in [6.07, 6.45) is 3.55. The van der Waals surface area contributed by atoms with Crippen LogP contribution in [0.5, 0.6) is 0 Å². The number of nitrogens with one attached hydrogen (secondary N) is 2. The molecule has 6 nitrogen and oxygen atoms in total. The Morgan fingerprint density at radius 1 is 1.11 bits per heavy atom. The topological polar surface area (TPSA) is 76.0 Å². The summed E-state index contributed by atoms with van der Waals surface area (Å²) in [6.45, 7) is 1.96. The van der Waals surface area contributed by atoms with Crippen molar-refractivity contribution in [3.05, 3.63) is 83.1 Å². The highest BCUT2D eigenvalue weighted by Crippen LogP contribution is 2.10. The molecule has 2 amide bonds. The number of rotatable bonds is 6. The van der Waals surface area contributed by atoms with Crippen molar-refractivity contribution in [2.75, 3.05) is 0 Å². The Morgan fingerprint density at radius 3 is 2.52 bits per heavy atom. The number of para-hydroxylation sites is 1. The van der Waals surface area contributed by atoms with Gasteiger partial charge in [0.15, 0.2) is 0 Å². The second-order valence-corrected chi connectivity index (χ2v) is 6.48. The fourth-order valence-corrected chi connectivity index (χ4v) is 2.59. The van der Waals surface area contributed by atoms with E-state index >= 15 is 0 Å². The zero-order chi connectivity index (χ0) is 19.2. The molecular formula is C20H19ClN4O2. The van der Waals surface area contributed by atoms with Crippen LogP contribution >= 0.6 is 11.6 Å². The minimum atomic E-state index is -0.669. The first-order valence-corrected chi connectivity index (χ1v) is 8.84. The molecule has 2 aromatic carbocycles. The van der Waals surface area contributed by atoms with Gasteiger partial charge in [-0.25, -0.2) is 4.68 Å². The van der Waals surface area contributed by atoms with Crippen molar-refractivity contribution in [2.45, 2.75) is 19.5 Å². The lowest BCUT2D eigenvalue weighted by molar-refractivity contribution is -0.122. The van der Waals surface area contributed by atoms with Gasteiger partial charge in [-0.1, -0.05) is 29.8 Å². The molecule has 1 aromatic heterocycles. The molecule has 0 aliphatic carbocycles. The number of hydrogen-bond donors (Lipinski definition) is 2. The van der Waals surface area contributed by atoms with E-state index in [4.69, 9.17) is 11.6 Å². The Labute approximate surface area is 162 Å². The third-order valence-electron chi connectivity index (χ3n) is 3.97. The van der Waals surface area contributed by atoms with Crippen LogP contribution in [0.25, 0.3) is 5.69 Å². The fraction of sp³-hybridized carbons (Fsp3) is 0.150. The van der Waals surface area contributed by atoms with E-state index in [1.165, 1.54) is 0 Å². The van der Waals surface area contributed by atoms with Crippen molar-refractivity contribution in [3.8, 4) is 5.69 Å². The monoisotopic (exact) mass is 382 g/mol. The predicted octanol–water partition coefficient (Wildman–Crippen LogP) is 2.96. The molecule has 7 heteroatoms. The molecule has 0 bridgehead atoms. The van der Waals surface area contributed by atoms with Crippen LogP contribution in [-0.2, 0) is 11.3 Å². The molecule has 3 aromatic rings. The molecule has 0 radical (unpaired) electrons. The lowest BCUT2D eigenvalue weighted by Gasteiger charge is -2.14. The zero-order valence-corrected chi connectivity index (χ0v) is 15.5. The molecule has 0 saturated carbocycles. The number of halogens is 1. The number of nitrogens with zero attached hydrogens (tertiary/aromatic N) is 2. The molecule has 1 heterocycles. The van der Waals surface area contributed by atoms with Crippen molar-refractivity contribution >= 4 is 23.4 Å². The maximum Gasteiger partial charge on any atom is 0.251 e. The molecule has 1 unspecified atom stereocenters. The average molecular weight is 383 g/mol. The van der Waals surface area contributed by atoms with E-state index in [0.717, 1.165) is 11.3 Å². The van der Waals surface area contributed by atoms with E-state index < -0.39 is 6.04 Å². The van der Waals surface area contributed by atoms with Gasteiger partial charge in [0, 0.05) is 28.9 Å². The number of aromatic nitrogens is 2. The summed E-state index contributed by atoms with van der Waals surface area (Å²) in [7, 11) is 0. The van der Waals surface area contributed by atoms with Crippen molar-refractivity contribution in [1.29, 1.82) is 0 Å². The van der Waals surface area contributed by atoms with E-state index in [0.29, 0.717) is 17.1 Å². The van der Waals surface area contributed by atoms with Crippen LogP contribution in [0, 0.1) is 0 Å². The molecule has 27 heavy (non-hydrogen) atoms. The Balaban J connectivity index is 1.52. The van der Waals surface area contributed by atoms with Gasteiger partial charge in [0.25, 0.3) is 5.91 Å². The Morgan fingerprint density at radius 2 is 1.81 bits per heavy atom.